The van der Waals surface area contributed by atoms with Crippen molar-refractivity contribution in [1.29, 1.82) is 0 Å². The van der Waals surface area contributed by atoms with Crippen molar-refractivity contribution >= 4 is 17.6 Å². The van der Waals surface area contributed by atoms with Gasteiger partial charge in [-0.3, -0.25) is 4.52 Å². The zero-order chi connectivity index (χ0) is 18.6. The maximum Gasteiger partial charge on any atom is 0.416 e. The van der Waals surface area contributed by atoms with Gasteiger partial charge in [0.15, 0.2) is 0 Å². The van der Waals surface area contributed by atoms with Gasteiger partial charge in [0.25, 0.3) is 6.20 Å². The van der Waals surface area contributed by atoms with E-state index in [0.29, 0.717) is 6.54 Å². The molecule has 0 saturated heterocycles. The van der Waals surface area contributed by atoms with Gasteiger partial charge < -0.3 is 10.4 Å². The van der Waals surface area contributed by atoms with E-state index in [-0.39, 0.29) is 11.6 Å². The number of anilines is 1. The van der Waals surface area contributed by atoms with E-state index in [9.17, 15) is 18.3 Å². The fourth-order valence-electron chi connectivity index (χ4n) is 2.19. The number of aromatic nitrogens is 2. The van der Waals surface area contributed by atoms with Gasteiger partial charge >= 0.3 is 12.1 Å². The number of benzene rings is 2. The van der Waals surface area contributed by atoms with Gasteiger partial charge in [-0.2, -0.15) is 13.2 Å². The molecule has 1 N–H and O–H groups in total. The molecule has 0 spiro atoms. The van der Waals surface area contributed by atoms with Gasteiger partial charge in [0.1, 0.15) is 0 Å². The van der Waals surface area contributed by atoms with Gasteiger partial charge in [0.2, 0.25) is 11.8 Å². The molecule has 2 aromatic carbocycles. The molecule has 0 unspecified atom stereocenters. The first-order chi connectivity index (χ1) is 12.4. The van der Waals surface area contributed by atoms with Gasteiger partial charge in [-0.1, -0.05) is 36.4 Å². The summed E-state index contributed by atoms with van der Waals surface area (Å²) in [4.78, 5) is 3.63. The van der Waals surface area contributed by atoms with Crippen molar-refractivity contribution in [3.05, 3.63) is 71.9 Å². The minimum atomic E-state index is -4.49. The highest BCUT2D eigenvalue weighted by atomic mass is 19.4. The third-order valence-corrected chi connectivity index (χ3v) is 3.34. The zero-order valence-corrected chi connectivity index (χ0v) is 13.3. The van der Waals surface area contributed by atoms with Crippen LogP contribution in [0.15, 0.2) is 70.3 Å². The second-order valence-corrected chi connectivity index (χ2v) is 5.34. The predicted octanol–water partition coefficient (Wildman–Crippen LogP) is 2.49. The number of nitrogens with zero attached hydrogens (tertiary/aromatic N) is 3. The topological polar surface area (TPSA) is 77.4 Å². The van der Waals surface area contributed by atoms with Crippen LogP contribution in [0.25, 0.3) is 0 Å². The summed E-state index contributed by atoms with van der Waals surface area (Å²) in [5.74, 6) is -0.0644. The molecule has 0 aliphatic carbocycles. The van der Waals surface area contributed by atoms with Gasteiger partial charge in [-0.15, -0.1) is 0 Å². The lowest BCUT2D eigenvalue weighted by Crippen LogP contribution is -2.35. The van der Waals surface area contributed by atoms with Gasteiger partial charge in [-0.05, 0) is 22.9 Å². The van der Waals surface area contributed by atoms with Crippen molar-refractivity contribution in [2.75, 3.05) is 5.32 Å². The Kier molecular flexibility index (Phi) is 4.87. The fourth-order valence-corrected chi connectivity index (χ4v) is 2.19. The first-order valence-electron chi connectivity index (χ1n) is 7.50. The molecule has 0 saturated carbocycles. The van der Waals surface area contributed by atoms with Crippen molar-refractivity contribution in [3.8, 4) is 0 Å². The number of nitrogens with one attached hydrogen (secondary N) is 1. The molecule has 0 amide bonds. The van der Waals surface area contributed by atoms with Crippen LogP contribution in [0.5, 0.6) is 0 Å². The van der Waals surface area contributed by atoms with Crippen LogP contribution in [0, 0.1) is 0 Å². The maximum absolute atomic E-state index is 12.7. The molecule has 0 radical (unpaired) electrons. The van der Waals surface area contributed by atoms with Crippen LogP contribution in [0.4, 0.5) is 24.7 Å². The molecule has 0 bridgehead atoms. The molecule has 3 aromatic rings. The predicted molar refractivity (Wildman–Crippen MR) is 84.4 cm³/mol. The molecule has 0 atom stereocenters. The minimum absolute atomic E-state index is 0.0229. The number of hydrogen-bond acceptors (Lipinski definition) is 4. The Morgan fingerprint density at radius 2 is 1.92 bits per heavy atom. The summed E-state index contributed by atoms with van der Waals surface area (Å²) in [5, 5.41) is 17.9. The summed E-state index contributed by atoms with van der Waals surface area (Å²) >= 11 is 0. The molecule has 0 aliphatic rings. The second kappa shape index (κ2) is 7.26. The Hall–Kier alpha value is -3.36. The number of aliphatic imine (C=N–C) groups is 1. The van der Waals surface area contributed by atoms with Gasteiger partial charge in [0, 0.05) is 11.3 Å². The molecule has 3 rings (SSSR count). The Morgan fingerprint density at radius 3 is 2.65 bits per heavy atom. The zero-order valence-electron chi connectivity index (χ0n) is 13.3. The van der Waals surface area contributed by atoms with Crippen LogP contribution < -0.4 is 15.1 Å². The third-order valence-electron chi connectivity index (χ3n) is 3.34. The van der Waals surface area contributed by atoms with Crippen molar-refractivity contribution < 1.29 is 27.5 Å². The maximum atomic E-state index is 12.7. The van der Waals surface area contributed by atoms with Gasteiger partial charge in [-0.25, -0.2) is 4.99 Å². The van der Waals surface area contributed by atoms with E-state index < -0.39 is 17.8 Å². The van der Waals surface area contributed by atoms with Crippen molar-refractivity contribution in [2.24, 2.45) is 4.99 Å². The van der Waals surface area contributed by atoms with Crippen LogP contribution in [0.1, 0.15) is 11.1 Å². The average Bonchev–Trinajstić information content (AvgIpc) is 3.02. The molecule has 134 valence electrons. The van der Waals surface area contributed by atoms with Crippen LogP contribution in [0.2, 0.25) is 0 Å². The molecule has 1 aromatic heterocycles. The van der Waals surface area contributed by atoms with Crippen molar-refractivity contribution in [3.63, 3.8) is 0 Å². The Bertz CT molecular complexity index is 908. The summed E-state index contributed by atoms with van der Waals surface area (Å²) in [6.07, 6.45) is -3.08. The van der Waals surface area contributed by atoms with Crippen LogP contribution in [-0.4, -0.2) is 11.3 Å². The highest BCUT2D eigenvalue weighted by Crippen LogP contribution is 2.30. The van der Waals surface area contributed by atoms with Crippen molar-refractivity contribution in [1.82, 2.24) is 5.27 Å². The normalized spacial score (nSPS) is 12.2. The van der Waals surface area contributed by atoms with Crippen LogP contribution in [0.3, 0.4) is 0 Å². The van der Waals surface area contributed by atoms with E-state index in [1.165, 1.54) is 23.0 Å². The number of amidine groups is 1. The Balaban J connectivity index is 1.69. The number of alkyl halides is 3. The quantitative estimate of drug-likeness (QED) is 0.439. The number of rotatable bonds is 4. The molecule has 26 heavy (non-hydrogen) atoms. The molecule has 6 nitrogen and oxygen atoms in total. The molecule has 0 aliphatic heterocycles. The highest BCUT2D eigenvalue weighted by molar-refractivity contribution is 5.87. The molecular formula is C17H13F3N4O2. The number of halogens is 3. The average molecular weight is 362 g/mol. The lowest BCUT2D eigenvalue weighted by molar-refractivity contribution is -0.754. The highest BCUT2D eigenvalue weighted by Gasteiger charge is 2.30. The first-order valence-corrected chi connectivity index (χ1v) is 7.50. The summed E-state index contributed by atoms with van der Waals surface area (Å²) < 4.78 is 44.4. The van der Waals surface area contributed by atoms with E-state index in [1.54, 1.807) is 0 Å². The lowest BCUT2D eigenvalue weighted by Gasteiger charge is -2.14. The van der Waals surface area contributed by atoms with Crippen molar-refractivity contribution in [2.45, 2.75) is 12.7 Å². The second-order valence-electron chi connectivity index (χ2n) is 5.34. The summed E-state index contributed by atoms with van der Waals surface area (Å²) in [5.41, 5.74) is 0.0895. The van der Waals surface area contributed by atoms with Crippen LogP contribution in [-0.2, 0) is 12.7 Å². The summed E-state index contributed by atoms with van der Waals surface area (Å²) in [6, 6.07) is 12.8. The smallest absolute Gasteiger partial charge is 0.416 e. The first kappa shape index (κ1) is 17.5. The van der Waals surface area contributed by atoms with Gasteiger partial charge in [0.05, 0.1) is 11.6 Å². The monoisotopic (exact) mass is 362 g/mol. The van der Waals surface area contributed by atoms with E-state index >= 15 is 0 Å². The Morgan fingerprint density at radius 1 is 1.15 bits per heavy atom. The molecular weight excluding hydrogens is 349 g/mol. The van der Waals surface area contributed by atoms with Crippen LogP contribution >= 0.6 is 0 Å². The Labute approximate surface area is 146 Å². The minimum Gasteiger partial charge on any atom is -0.846 e. The lowest BCUT2D eigenvalue weighted by atomic mass is 10.2. The summed E-state index contributed by atoms with van der Waals surface area (Å²) in [7, 11) is 0. The molecule has 1 heterocycles. The largest absolute Gasteiger partial charge is 0.846 e. The molecule has 0 fully saturated rings. The van der Waals surface area contributed by atoms with E-state index in [4.69, 9.17) is 4.52 Å². The van der Waals surface area contributed by atoms with E-state index in [1.807, 2.05) is 30.3 Å². The fraction of sp³-hybridized carbons (Fsp3) is 0.118. The number of hydrogen-bond donors (Lipinski definition) is 1. The van der Waals surface area contributed by atoms with E-state index in [0.717, 1.165) is 17.7 Å². The molecule has 9 heteroatoms. The summed E-state index contributed by atoms with van der Waals surface area (Å²) in [6.45, 7) is 0.426. The standard InChI is InChI=1S/C17H13F3N4O2/c18-17(19,20)13-7-4-8-14(9-13)21-16(25)22-15-11-24(23-26-15)10-12-5-2-1-3-6-12/h1-9,11H,10H2,(H-,21,22,23,25). The van der Waals surface area contributed by atoms with E-state index in [2.05, 4.69) is 15.6 Å². The third kappa shape index (κ3) is 4.59. The SMILES string of the molecule is [O-]C(=Nc1c[n+](Cc2ccccc2)no1)Nc1cccc(C(F)(F)F)c1.